The maximum atomic E-state index is 9.50. The van der Waals surface area contributed by atoms with Crippen LogP contribution in [0.2, 0.25) is 0 Å². The summed E-state index contributed by atoms with van der Waals surface area (Å²) < 4.78 is 5.01. The third kappa shape index (κ3) is 9.28. The van der Waals surface area contributed by atoms with Gasteiger partial charge in [0.05, 0.1) is 25.4 Å². The van der Waals surface area contributed by atoms with Gasteiger partial charge in [0.2, 0.25) is 0 Å². The lowest BCUT2D eigenvalue weighted by molar-refractivity contribution is -0.0805. The summed E-state index contributed by atoms with van der Waals surface area (Å²) in [5, 5.41) is 55.1. The van der Waals surface area contributed by atoms with Crippen molar-refractivity contribution in [2.75, 3.05) is 26.4 Å². The van der Waals surface area contributed by atoms with Gasteiger partial charge in [-0.2, -0.15) is 0 Å². The van der Waals surface area contributed by atoms with Gasteiger partial charge in [0.25, 0.3) is 0 Å². The van der Waals surface area contributed by atoms with Crippen molar-refractivity contribution in [3.8, 4) is 0 Å². The fraction of sp³-hybridized carbons (Fsp3) is 1.00. The first-order valence-electron chi connectivity index (χ1n) is 6.54. The topological polar surface area (TPSA) is 131 Å². The number of aliphatic hydroxyl groups excluding tert-OH is 6. The quantitative estimate of drug-likeness (QED) is 0.244. The van der Waals surface area contributed by atoms with E-state index in [-0.39, 0.29) is 39.3 Å². The number of ether oxygens (including phenoxy) is 1. The summed E-state index contributed by atoms with van der Waals surface area (Å²) >= 11 is 0. The molecule has 0 aromatic carbocycles. The molecule has 0 aliphatic heterocycles. The zero-order valence-corrected chi connectivity index (χ0v) is 11.1. The van der Waals surface area contributed by atoms with E-state index in [1.54, 1.807) is 0 Å². The molecule has 0 bridgehead atoms. The standard InChI is InChI=1S/C12H26O7/c13-5-1-3-9(15)11(17)7-19-8-12(18)10(16)4-2-6-14/h9-18H,1-8H2. The molecule has 0 amide bonds. The summed E-state index contributed by atoms with van der Waals surface area (Å²) in [6.45, 7) is -0.423. The minimum atomic E-state index is -1.09. The molecule has 0 radical (unpaired) electrons. The largest absolute Gasteiger partial charge is 0.396 e. The Morgan fingerprint density at radius 1 is 0.632 bits per heavy atom. The molecule has 7 heteroatoms. The Hall–Kier alpha value is -0.280. The second-order valence-corrected chi connectivity index (χ2v) is 4.54. The Morgan fingerprint density at radius 2 is 1.00 bits per heavy atom. The predicted octanol–water partition coefficient (Wildman–Crippen LogP) is -2.01. The van der Waals surface area contributed by atoms with Gasteiger partial charge in [-0.1, -0.05) is 0 Å². The Labute approximate surface area is 113 Å². The van der Waals surface area contributed by atoms with Crippen molar-refractivity contribution >= 4 is 0 Å². The van der Waals surface area contributed by atoms with E-state index in [0.29, 0.717) is 12.8 Å². The van der Waals surface area contributed by atoms with E-state index in [0.717, 1.165) is 0 Å². The first kappa shape index (κ1) is 18.7. The van der Waals surface area contributed by atoms with Gasteiger partial charge in [0, 0.05) is 13.2 Å². The van der Waals surface area contributed by atoms with Gasteiger partial charge < -0.3 is 35.4 Å². The number of rotatable bonds is 12. The Balaban J connectivity index is 3.70. The molecule has 0 fully saturated rings. The number of aliphatic hydroxyl groups is 6. The van der Waals surface area contributed by atoms with Crippen molar-refractivity contribution in [2.24, 2.45) is 0 Å². The van der Waals surface area contributed by atoms with Gasteiger partial charge in [-0.15, -0.1) is 0 Å². The Morgan fingerprint density at radius 3 is 1.32 bits per heavy atom. The molecule has 0 aliphatic carbocycles. The van der Waals surface area contributed by atoms with E-state index in [1.165, 1.54) is 0 Å². The third-order valence-electron chi connectivity index (χ3n) is 2.78. The molecule has 0 spiro atoms. The van der Waals surface area contributed by atoms with Crippen LogP contribution in [0, 0.1) is 0 Å². The SMILES string of the molecule is OCCCC(O)C(O)COCC(O)C(O)CCCO. The second kappa shape index (κ2) is 11.5. The van der Waals surface area contributed by atoms with Crippen molar-refractivity contribution in [1.82, 2.24) is 0 Å². The molecule has 6 N–H and O–H groups in total. The minimum Gasteiger partial charge on any atom is -0.396 e. The molecule has 116 valence electrons. The Kier molecular flexibility index (Phi) is 11.4. The van der Waals surface area contributed by atoms with Gasteiger partial charge in [-0.05, 0) is 25.7 Å². The van der Waals surface area contributed by atoms with Crippen molar-refractivity contribution in [3.63, 3.8) is 0 Å². The normalized spacial score (nSPS) is 18.0. The molecule has 0 saturated carbocycles. The van der Waals surface area contributed by atoms with Crippen molar-refractivity contribution in [1.29, 1.82) is 0 Å². The van der Waals surface area contributed by atoms with Crippen LogP contribution in [-0.4, -0.2) is 81.5 Å². The van der Waals surface area contributed by atoms with Gasteiger partial charge in [0.1, 0.15) is 12.2 Å². The van der Waals surface area contributed by atoms with E-state index < -0.39 is 24.4 Å². The molecule has 0 aliphatic rings. The third-order valence-corrected chi connectivity index (χ3v) is 2.78. The summed E-state index contributed by atoms with van der Waals surface area (Å²) in [6.07, 6.45) is -2.83. The highest BCUT2D eigenvalue weighted by Crippen LogP contribution is 2.06. The molecule has 4 atom stereocenters. The van der Waals surface area contributed by atoms with Crippen LogP contribution in [0.4, 0.5) is 0 Å². The molecule has 4 unspecified atom stereocenters. The van der Waals surface area contributed by atoms with Gasteiger partial charge in [-0.3, -0.25) is 0 Å². The maximum Gasteiger partial charge on any atom is 0.103 e. The fourth-order valence-corrected chi connectivity index (χ4v) is 1.52. The van der Waals surface area contributed by atoms with Crippen molar-refractivity contribution < 1.29 is 35.4 Å². The van der Waals surface area contributed by atoms with Crippen LogP contribution in [0.3, 0.4) is 0 Å². The zero-order chi connectivity index (χ0) is 14.7. The van der Waals surface area contributed by atoms with Crippen LogP contribution in [0.25, 0.3) is 0 Å². The Bertz CT molecular complexity index is 183. The summed E-state index contributed by atoms with van der Waals surface area (Å²) in [7, 11) is 0. The monoisotopic (exact) mass is 282 g/mol. The first-order valence-corrected chi connectivity index (χ1v) is 6.54. The fourth-order valence-electron chi connectivity index (χ4n) is 1.52. The van der Waals surface area contributed by atoms with E-state index >= 15 is 0 Å². The first-order chi connectivity index (χ1) is 9.02. The van der Waals surface area contributed by atoms with Gasteiger partial charge in [-0.25, -0.2) is 0 Å². The van der Waals surface area contributed by atoms with Crippen LogP contribution in [0.5, 0.6) is 0 Å². The highest BCUT2D eigenvalue weighted by atomic mass is 16.5. The molecular weight excluding hydrogens is 256 g/mol. The van der Waals surface area contributed by atoms with Crippen LogP contribution in [0.1, 0.15) is 25.7 Å². The smallest absolute Gasteiger partial charge is 0.103 e. The number of hydrogen-bond donors (Lipinski definition) is 6. The molecule has 0 aromatic rings. The summed E-state index contributed by atoms with van der Waals surface area (Å²) in [6, 6.07) is 0. The minimum absolute atomic E-state index is 0.0552. The second-order valence-electron chi connectivity index (χ2n) is 4.54. The molecule has 0 saturated heterocycles. The van der Waals surface area contributed by atoms with Crippen LogP contribution in [-0.2, 0) is 4.74 Å². The molecule has 7 nitrogen and oxygen atoms in total. The van der Waals surface area contributed by atoms with Crippen LogP contribution < -0.4 is 0 Å². The average molecular weight is 282 g/mol. The predicted molar refractivity (Wildman–Crippen MR) is 67.5 cm³/mol. The lowest BCUT2D eigenvalue weighted by Gasteiger charge is -2.20. The molecular formula is C12H26O7. The summed E-state index contributed by atoms with van der Waals surface area (Å²) in [5.41, 5.74) is 0. The molecule has 0 aromatic heterocycles. The van der Waals surface area contributed by atoms with Gasteiger partial charge in [0.15, 0.2) is 0 Å². The number of hydrogen-bond acceptors (Lipinski definition) is 7. The molecule has 0 heterocycles. The van der Waals surface area contributed by atoms with E-state index in [9.17, 15) is 20.4 Å². The van der Waals surface area contributed by atoms with E-state index in [4.69, 9.17) is 14.9 Å². The lowest BCUT2D eigenvalue weighted by atomic mass is 10.1. The zero-order valence-electron chi connectivity index (χ0n) is 11.1. The molecule has 19 heavy (non-hydrogen) atoms. The lowest BCUT2D eigenvalue weighted by Crippen LogP contribution is -2.35. The average Bonchev–Trinajstić information content (AvgIpc) is 2.41. The highest BCUT2D eigenvalue weighted by Gasteiger charge is 2.19. The van der Waals surface area contributed by atoms with Crippen LogP contribution in [0.15, 0.2) is 0 Å². The summed E-state index contributed by atoms with van der Waals surface area (Å²) in [5.74, 6) is 0. The summed E-state index contributed by atoms with van der Waals surface area (Å²) in [4.78, 5) is 0. The maximum absolute atomic E-state index is 9.50. The van der Waals surface area contributed by atoms with E-state index in [1.807, 2.05) is 0 Å². The van der Waals surface area contributed by atoms with E-state index in [2.05, 4.69) is 0 Å². The highest BCUT2D eigenvalue weighted by molar-refractivity contribution is 4.69. The van der Waals surface area contributed by atoms with Crippen molar-refractivity contribution in [2.45, 2.75) is 50.1 Å². The molecule has 0 rings (SSSR count). The van der Waals surface area contributed by atoms with Crippen molar-refractivity contribution in [3.05, 3.63) is 0 Å². The van der Waals surface area contributed by atoms with Gasteiger partial charge >= 0.3 is 0 Å². The van der Waals surface area contributed by atoms with Crippen LogP contribution >= 0.6 is 0 Å².